The monoisotopic (exact) mass is 323 g/mol. The Morgan fingerprint density at radius 2 is 2.24 bits per heavy atom. The van der Waals surface area contributed by atoms with E-state index >= 15 is 0 Å². The summed E-state index contributed by atoms with van der Waals surface area (Å²) in [6, 6.07) is 6.26. The summed E-state index contributed by atoms with van der Waals surface area (Å²) in [6.45, 7) is 1.19. The highest BCUT2D eigenvalue weighted by Crippen LogP contribution is 2.35. The van der Waals surface area contributed by atoms with Crippen molar-refractivity contribution in [3.8, 4) is 5.75 Å². The van der Waals surface area contributed by atoms with Gasteiger partial charge in [0.05, 0.1) is 5.02 Å². The summed E-state index contributed by atoms with van der Waals surface area (Å²) in [6.07, 6.45) is 0.864. The topological polar surface area (TPSA) is 60.8 Å². The molecule has 2 N–H and O–H groups in total. The fourth-order valence-electron chi connectivity index (χ4n) is 2.71. The van der Waals surface area contributed by atoms with Crippen LogP contribution in [0.5, 0.6) is 5.75 Å². The number of nitrogens with zero attached hydrogens (tertiary/aromatic N) is 1. The van der Waals surface area contributed by atoms with Gasteiger partial charge in [-0.25, -0.2) is 0 Å². The lowest BCUT2D eigenvalue weighted by molar-refractivity contribution is -0.144. The van der Waals surface area contributed by atoms with Gasteiger partial charge < -0.3 is 10.2 Å². The van der Waals surface area contributed by atoms with E-state index in [2.05, 4.69) is 0 Å². The number of hydrogen-bond acceptors (Lipinski definition) is 4. The fraction of sp³-hybridized carbons (Fsp3) is 0.267. The molecular weight excluding hydrogens is 310 g/mol. The third kappa shape index (κ3) is 2.77. The van der Waals surface area contributed by atoms with E-state index in [9.17, 15) is 15.0 Å². The Bertz CT molecular complexity index is 685. The lowest BCUT2D eigenvalue weighted by atomic mass is 9.99. The van der Waals surface area contributed by atoms with Gasteiger partial charge in [0, 0.05) is 18.0 Å². The molecule has 1 aromatic heterocycles. The zero-order chi connectivity index (χ0) is 15.0. The Morgan fingerprint density at radius 3 is 2.95 bits per heavy atom. The van der Waals surface area contributed by atoms with Crippen molar-refractivity contribution >= 4 is 28.9 Å². The molecule has 2 aromatic rings. The largest absolute Gasteiger partial charge is 0.506 e. The minimum Gasteiger partial charge on any atom is -0.506 e. The Kier molecular flexibility index (Phi) is 3.89. The van der Waals surface area contributed by atoms with Gasteiger partial charge in [-0.3, -0.25) is 9.69 Å². The predicted molar refractivity (Wildman–Crippen MR) is 81.9 cm³/mol. The van der Waals surface area contributed by atoms with E-state index in [1.807, 2.05) is 16.3 Å². The van der Waals surface area contributed by atoms with Gasteiger partial charge in [-0.1, -0.05) is 17.7 Å². The van der Waals surface area contributed by atoms with Crippen LogP contribution in [0.2, 0.25) is 5.02 Å². The number of aliphatic carboxylic acids is 1. The molecule has 0 amide bonds. The quantitative estimate of drug-likeness (QED) is 0.910. The number of benzene rings is 1. The number of hydrogen-bond donors (Lipinski definition) is 2. The molecule has 0 saturated heterocycles. The number of thiophene rings is 1. The third-order valence-corrected chi connectivity index (χ3v) is 5.00. The van der Waals surface area contributed by atoms with Crippen LogP contribution >= 0.6 is 22.9 Å². The SMILES string of the molecule is O=C(O)C1c2ccsc2CCN1Cc1ccc(O)c(Cl)c1. The van der Waals surface area contributed by atoms with Gasteiger partial charge in [-0.2, -0.15) is 0 Å². The molecule has 0 saturated carbocycles. The highest BCUT2D eigenvalue weighted by Gasteiger charge is 2.33. The second kappa shape index (κ2) is 5.67. The number of carbonyl (C=O) groups is 1. The van der Waals surface area contributed by atoms with E-state index in [0.29, 0.717) is 13.1 Å². The molecule has 1 atom stereocenters. The first-order valence-electron chi connectivity index (χ1n) is 6.57. The van der Waals surface area contributed by atoms with Crippen LogP contribution in [0.1, 0.15) is 22.0 Å². The van der Waals surface area contributed by atoms with Crippen molar-refractivity contribution in [1.29, 1.82) is 0 Å². The molecule has 1 aromatic carbocycles. The number of rotatable bonds is 3. The van der Waals surface area contributed by atoms with Crippen LogP contribution in [0.25, 0.3) is 0 Å². The molecular formula is C15H14ClNO3S. The molecule has 110 valence electrons. The molecule has 1 aliphatic rings. The van der Waals surface area contributed by atoms with Crippen LogP contribution in [0.4, 0.5) is 0 Å². The number of phenolic OH excluding ortho intramolecular Hbond substituents is 1. The Morgan fingerprint density at radius 1 is 1.43 bits per heavy atom. The lowest BCUT2D eigenvalue weighted by Crippen LogP contribution is -2.38. The van der Waals surface area contributed by atoms with Gasteiger partial charge in [0.15, 0.2) is 0 Å². The van der Waals surface area contributed by atoms with E-state index in [0.717, 1.165) is 22.4 Å². The normalized spacial score (nSPS) is 18.4. The zero-order valence-electron chi connectivity index (χ0n) is 11.1. The van der Waals surface area contributed by atoms with Crippen molar-refractivity contribution in [2.75, 3.05) is 6.54 Å². The van der Waals surface area contributed by atoms with Crippen LogP contribution in [-0.2, 0) is 17.8 Å². The molecule has 0 spiro atoms. The van der Waals surface area contributed by atoms with Crippen molar-refractivity contribution in [3.05, 3.63) is 50.7 Å². The first-order chi connectivity index (χ1) is 10.1. The second-order valence-corrected chi connectivity index (χ2v) is 6.45. The Hall–Kier alpha value is -1.56. The van der Waals surface area contributed by atoms with Crippen molar-refractivity contribution < 1.29 is 15.0 Å². The molecule has 3 rings (SSSR count). The highest BCUT2D eigenvalue weighted by atomic mass is 35.5. The summed E-state index contributed by atoms with van der Waals surface area (Å²) in [5, 5.41) is 21.2. The molecule has 0 radical (unpaired) electrons. The maximum absolute atomic E-state index is 11.6. The number of halogens is 1. The summed E-state index contributed by atoms with van der Waals surface area (Å²) in [4.78, 5) is 14.7. The van der Waals surface area contributed by atoms with Crippen molar-refractivity contribution in [2.45, 2.75) is 19.0 Å². The van der Waals surface area contributed by atoms with E-state index < -0.39 is 12.0 Å². The highest BCUT2D eigenvalue weighted by molar-refractivity contribution is 7.10. The van der Waals surface area contributed by atoms with Crippen LogP contribution in [0, 0.1) is 0 Å². The lowest BCUT2D eigenvalue weighted by Gasteiger charge is -2.33. The Labute approximate surface area is 131 Å². The van der Waals surface area contributed by atoms with E-state index in [1.165, 1.54) is 6.07 Å². The molecule has 0 fully saturated rings. The van der Waals surface area contributed by atoms with E-state index in [4.69, 9.17) is 11.6 Å². The minimum absolute atomic E-state index is 0.0361. The number of aromatic hydroxyl groups is 1. The molecule has 0 bridgehead atoms. The molecule has 1 unspecified atom stereocenters. The van der Waals surface area contributed by atoms with Crippen LogP contribution < -0.4 is 0 Å². The van der Waals surface area contributed by atoms with Gasteiger partial charge in [-0.05, 0) is 41.1 Å². The molecule has 21 heavy (non-hydrogen) atoms. The minimum atomic E-state index is -0.834. The van der Waals surface area contributed by atoms with Gasteiger partial charge in [0.25, 0.3) is 0 Å². The van der Waals surface area contributed by atoms with Gasteiger partial charge in [0.2, 0.25) is 0 Å². The van der Waals surface area contributed by atoms with Gasteiger partial charge >= 0.3 is 5.97 Å². The van der Waals surface area contributed by atoms with Crippen molar-refractivity contribution in [2.24, 2.45) is 0 Å². The standard InChI is InChI=1S/C15H14ClNO3S/c16-11-7-9(1-2-12(11)18)8-17-5-3-13-10(4-6-21-13)14(17)15(19)20/h1-2,4,6-7,14,18H,3,5,8H2,(H,19,20). The summed E-state index contributed by atoms with van der Waals surface area (Å²) in [5.41, 5.74) is 1.78. The summed E-state index contributed by atoms with van der Waals surface area (Å²) >= 11 is 7.53. The first kappa shape index (κ1) is 14.4. The maximum Gasteiger partial charge on any atom is 0.325 e. The predicted octanol–water partition coefficient (Wildman–Crippen LogP) is 3.29. The zero-order valence-corrected chi connectivity index (χ0v) is 12.7. The van der Waals surface area contributed by atoms with E-state index in [-0.39, 0.29) is 10.8 Å². The molecule has 1 aliphatic heterocycles. The smallest absolute Gasteiger partial charge is 0.325 e. The molecule has 0 aliphatic carbocycles. The van der Waals surface area contributed by atoms with Crippen molar-refractivity contribution in [3.63, 3.8) is 0 Å². The summed E-state index contributed by atoms with van der Waals surface area (Å²) in [5.74, 6) is -0.798. The Balaban J connectivity index is 1.88. The van der Waals surface area contributed by atoms with Crippen LogP contribution in [-0.4, -0.2) is 27.6 Å². The molecule has 4 nitrogen and oxygen atoms in total. The van der Waals surface area contributed by atoms with Gasteiger partial charge in [-0.15, -0.1) is 11.3 Å². The average Bonchev–Trinajstić information content (AvgIpc) is 2.90. The number of fused-ring (bicyclic) bond motifs is 1. The maximum atomic E-state index is 11.6. The number of carboxylic acid groups (broad SMARTS) is 1. The third-order valence-electron chi connectivity index (χ3n) is 3.70. The second-order valence-electron chi connectivity index (χ2n) is 5.05. The number of phenols is 1. The van der Waals surface area contributed by atoms with Gasteiger partial charge in [0.1, 0.15) is 11.8 Å². The molecule has 6 heteroatoms. The van der Waals surface area contributed by atoms with Crippen molar-refractivity contribution in [1.82, 2.24) is 4.90 Å². The summed E-state index contributed by atoms with van der Waals surface area (Å²) < 4.78 is 0. The molecule has 2 heterocycles. The van der Waals surface area contributed by atoms with E-state index in [1.54, 1.807) is 23.5 Å². The fourth-order valence-corrected chi connectivity index (χ4v) is 3.82. The first-order valence-corrected chi connectivity index (χ1v) is 7.82. The van der Waals surface area contributed by atoms with Crippen LogP contribution in [0.15, 0.2) is 29.6 Å². The number of carboxylic acids is 1. The van der Waals surface area contributed by atoms with Crippen LogP contribution in [0.3, 0.4) is 0 Å². The average molecular weight is 324 g/mol. The summed E-state index contributed by atoms with van der Waals surface area (Å²) in [7, 11) is 0.